The molecule has 0 heterocycles. The van der Waals surface area contributed by atoms with Gasteiger partial charge in [0.15, 0.2) is 0 Å². The van der Waals surface area contributed by atoms with Crippen molar-refractivity contribution in [2.24, 2.45) is 0 Å². The lowest BCUT2D eigenvalue weighted by molar-refractivity contribution is 0.607. The van der Waals surface area contributed by atoms with Crippen LogP contribution < -0.4 is 9.80 Å². The number of unbranched alkanes of at least 4 members (excludes halogenated alkanes) is 10. The van der Waals surface area contributed by atoms with Crippen molar-refractivity contribution in [3.05, 3.63) is 286 Å². The van der Waals surface area contributed by atoms with Crippen molar-refractivity contribution in [1.82, 2.24) is 0 Å². The van der Waals surface area contributed by atoms with E-state index < -0.39 is 5.41 Å². The molecule has 2 aliphatic carbocycles. The van der Waals surface area contributed by atoms with Gasteiger partial charge in [-0.15, -0.1) is 0 Å². The highest BCUT2D eigenvalue weighted by atomic mass is 15.1. The van der Waals surface area contributed by atoms with E-state index in [1.165, 1.54) is 189 Å². The van der Waals surface area contributed by atoms with Gasteiger partial charge in [0.1, 0.15) is 0 Å². The van der Waals surface area contributed by atoms with Crippen LogP contribution >= 0.6 is 0 Å². The molecule has 1 atom stereocenters. The van der Waals surface area contributed by atoms with Gasteiger partial charge in [-0.25, -0.2) is 0 Å². The second kappa shape index (κ2) is 27.2. The fourth-order valence-electron chi connectivity index (χ4n) is 14.0. The van der Waals surface area contributed by atoms with E-state index in [0.717, 1.165) is 48.4 Å². The number of hydrogen-bond donors (Lipinski definition) is 0. The number of benzene rings is 10. The molecule has 0 N–H and O–H groups in total. The Hall–Kier alpha value is -8.20. The van der Waals surface area contributed by atoms with Crippen LogP contribution in [0.5, 0.6) is 0 Å². The van der Waals surface area contributed by atoms with Gasteiger partial charge < -0.3 is 9.80 Å². The van der Waals surface area contributed by atoms with Gasteiger partial charge in [0.25, 0.3) is 0 Å². The van der Waals surface area contributed by atoms with Crippen LogP contribution in [0, 0.1) is 13.8 Å². The molecule has 0 aliphatic heterocycles. The Balaban J connectivity index is 0.874. The van der Waals surface area contributed by atoms with Gasteiger partial charge in [-0.3, -0.25) is 0 Å². The summed E-state index contributed by atoms with van der Waals surface area (Å²) in [6.07, 6.45) is 21.5. The zero-order valence-electron chi connectivity index (χ0n) is 52.9. The lowest BCUT2D eigenvalue weighted by Gasteiger charge is -2.34. The van der Waals surface area contributed by atoms with Crippen LogP contribution in [0.2, 0.25) is 0 Å². The molecule has 12 rings (SSSR count). The molecule has 0 amide bonds. The van der Waals surface area contributed by atoms with E-state index in [0.29, 0.717) is 5.92 Å². The van der Waals surface area contributed by atoms with Crippen molar-refractivity contribution in [2.75, 3.05) is 9.80 Å². The summed E-state index contributed by atoms with van der Waals surface area (Å²) in [6, 6.07) is 86.9. The summed E-state index contributed by atoms with van der Waals surface area (Å²) < 4.78 is 0. The molecule has 0 aromatic heterocycles. The fraction of sp³-hybridized carbons (Fsp3) is 0.294. The summed E-state index contributed by atoms with van der Waals surface area (Å²) in [7, 11) is 0. The van der Waals surface area contributed by atoms with Crippen molar-refractivity contribution < 1.29 is 0 Å². The molecule has 0 spiro atoms. The summed E-state index contributed by atoms with van der Waals surface area (Å²) in [6.45, 7) is 13.6. The second-order valence-corrected chi connectivity index (χ2v) is 25.5. The first-order chi connectivity index (χ1) is 42.7. The predicted octanol–water partition coefficient (Wildman–Crippen LogP) is 24.4. The molecule has 10 aromatic rings. The average molecular weight is 1140 g/mol. The highest BCUT2D eigenvalue weighted by Crippen LogP contribution is 2.57. The number of rotatable bonds is 26. The van der Waals surface area contributed by atoms with Crippen molar-refractivity contribution in [2.45, 2.75) is 162 Å². The van der Waals surface area contributed by atoms with Crippen LogP contribution in [0.3, 0.4) is 0 Å². The summed E-state index contributed by atoms with van der Waals surface area (Å²) in [5.74, 6) is 0.497. The molecule has 2 nitrogen and oxygen atoms in total. The van der Waals surface area contributed by atoms with E-state index >= 15 is 0 Å². The predicted molar refractivity (Wildman–Crippen MR) is 374 cm³/mol. The second-order valence-electron chi connectivity index (χ2n) is 25.5. The third kappa shape index (κ3) is 12.7. The Morgan fingerprint density at radius 1 is 0.345 bits per heavy atom. The molecular formula is C85H90N2. The maximum atomic E-state index is 2.54. The van der Waals surface area contributed by atoms with Gasteiger partial charge in [-0.1, -0.05) is 249 Å². The fourth-order valence-corrected chi connectivity index (χ4v) is 14.0. The van der Waals surface area contributed by atoms with Crippen LogP contribution in [0.1, 0.15) is 178 Å². The summed E-state index contributed by atoms with van der Waals surface area (Å²) in [5, 5.41) is 0. The smallest absolute Gasteiger partial charge is 0.0713 e. The zero-order valence-corrected chi connectivity index (χ0v) is 52.9. The molecule has 0 fully saturated rings. The van der Waals surface area contributed by atoms with E-state index in [-0.39, 0.29) is 0 Å². The van der Waals surface area contributed by atoms with Gasteiger partial charge in [0, 0.05) is 34.1 Å². The Labute approximate surface area is 522 Å². The van der Waals surface area contributed by atoms with Crippen LogP contribution in [0.15, 0.2) is 224 Å². The molecule has 10 aromatic carbocycles. The maximum absolute atomic E-state index is 2.54. The van der Waals surface area contributed by atoms with E-state index in [1.54, 1.807) is 0 Å². The number of fused-ring (bicyclic) bond motifs is 4. The van der Waals surface area contributed by atoms with Crippen molar-refractivity contribution in [3.63, 3.8) is 0 Å². The molecule has 0 bridgehead atoms. The van der Waals surface area contributed by atoms with Gasteiger partial charge in [0.2, 0.25) is 0 Å². The lowest BCUT2D eigenvalue weighted by Crippen LogP contribution is -2.28. The quantitative estimate of drug-likeness (QED) is 0.0499. The highest BCUT2D eigenvalue weighted by Gasteiger charge is 2.46. The Kier molecular flexibility index (Phi) is 18.5. The van der Waals surface area contributed by atoms with Crippen LogP contribution in [0.25, 0.3) is 33.4 Å². The van der Waals surface area contributed by atoms with Gasteiger partial charge in [-0.2, -0.15) is 0 Å². The van der Waals surface area contributed by atoms with Crippen LogP contribution in [-0.4, -0.2) is 0 Å². The number of anilines is 6. The Morgan fingerprint density at radius 3 is 1.21 bits per heavy atom. The first-order valence-electron chi connectivity index (χ1n) is 33.4. The minimum atomic E-state index is -0.485. The van der Waals surface area contributed by atoms with Gasteiger partial charge >= 0.3 is 0 Å². The van der Waals surface area contributed by atoms with Crippen LogP contribution in [-0.2, 0) is 31.1 Å². The highest BCUT2D eigenvalue weighted by molar-refractivity contribution is 5.89. The standard InChI is InChI=1S/C85H90N2/c1-7-10-12-14-16-18-20-64-25-41-73(42-26-64)85(74-43-27-65(28-44-74)21-19-17-15-13-11-8-2)83-58-62(5)24-56-81(83)82-57-40-72(60-84(82)85)70-37-53-78(54-38-70)86(76-47-31-66(32-48-76)63(6)9-3)77-49-33-67(34-50-77)68-35-51-79(52-36-68)87(75-45-22-61(4)23-46-75)80-55-39-69-29-30-71(69)59-80/h22-28,31-60,63H,7-21,29-30H2,1-6H3. The van der Waals surface area contributed by atoms with Gasteiger partial charge in [0.05, 0.1) is 5.41 Å². The zero-order chi connectivity index (χ0) is 59.7. The molecule has 0 saturated heterocycles. The first kappa shape index (κ1) is 59.1. The number of nitrogens with zero attached hydrogens (tertiary/aromatic N) is 2. The first-order valence-corrected chi connectivity index (χ1v) is 33.4. The van der Waals surface area contributed by atoms with Crippen molar-refractivity contribution in [3.8, 4) is 33.4 Å². The minimum Gasteiger partial charge on any atom is -0.311 e. The lowest BCUT2D eigenvalue weighted by atomic mass is 9.67. The Morgan fingerprint density at radius 2 is 0.736 bits per heavy atom. The number of hydrogen-bond acceptors (Lipinski definition) is 2. The number of aryl methyl sites for hydroxylation is 6. The molecule has 2 heteroatoms. The average Bonchev–Trinajstić information content (AvgIpc) is 1.56. The van der Waals surface area contributed by atoms with Crippen molar-refractivity contribution in [1.29, 1.82) is 0 Å². The Bertz CT molecular complexity index is 3810. The third-order valence-corrected chi connectivity index (χ3v) is 19.5. The van der Waals surface area contributed by atoms with Crippen molar-refractivity contribution >= 4 is 34.1 Å². The van der Waals surface area contributed by atoms with Crippen LogP contribution in [0.4, 0.5) is 34.1 Å². The molecule has 440 valence electrons. The summed E-state index contributed by atoms with van der Waals surface area (Å²) >= 11 is 0. The molecule has 1 unspecified atom stereocenters. The summed E-state index contributed by atoms with van der Waals surface area (Å²) in [4.78, 5) is 4.81. The minimum absolute atomic E-state index is 0.485. The monoisotopic (exact) mass is 1140 g/mol. The van der Waals surface area contributed by atoms with E-state index in [1.807, 2.05) is 0 Å². The van der Waals surface area contributed by atoms with Gasteiger partial charge in [-0.05, 0) is 227 Å². The third-order valence-electron chi connectivity index (χ3n) is 19.5. The molecular weight excluding hydrogens is 1050 g/mol. The van der Waals surface area contributed by atoms with E-state index in [9.17, 15) is 0 Å². The molecule has 2 aliphatic rings. The SMILES string of the molecule is CCCCCCCCc1ccc(C2(c3ccc(CCCCCCCC)cc3)c3cc(C)ccc3-c3ccc(-c4ccc(N(c5ccc(-c6ccc(N(c7ccc(C)cc7)c7ccc8c(c7)CC8)cc6)cc5)c5ccc(C(C)CC)cc5)cc4)cc32)cc1. The molecule has 0 radical (unpaired) electrons. The van der Waals surface area contributed by atoms with E-state index in [4.69, 9.17) is 0 Å². The van der Waals surface area contributed by atoms with E-state index in [2.05, 4.69) is 276 Å². The maximum Gasteiger partial charge on any atom is 0.0713 e. The topological polar surface area (TPSA) is 6.48 Å². The summed E-state index contributed by atoms with van der Waals surface area (Å²) in [5.41, 5.74) is 29.1. The molecule has 87 heavy (non-hydrogen) atoms. The molecule has 0 saturated carbocycles. The largest absolute Gasteiger partial charge is 0.311 e. The normalized spacial score (nSPS) is 13.1.